The molecule has 0 aliphatic heterocycles. The first-order valence-electron chi connectivity index (χ1n) is 6.78. The summed E-state index contributed by atoms with van der Waals surface area (Å²) < 4.78 is 0. The second-order valence-corrected chi connectivity index (χ2v) is 5.51. The van der Waals surface area contributed by atoms with Crippen molar-refractivity contribution in [3.8, 4) is 0 Å². The van der Waals surface area contributed by atoms with Crippen LogP contribution in [0.15, 0.2) is 0 Å². The fourth-order valence-electron chi connectivity index (χ4n) is 1.67. The first kappa shape index (κ1) is 15.0. The van der Waals surface area contributed by atoms with Crippen LogP contribution in [0.4, 0.5) is 0 Å². The zero-order chi connectivity index (χ0) is 13.5. The highest BCUT2D eigenvalue weighted by molar-refractivity contribution is 5.84. The Bertz CT molecular complexity index is 288. The van der Waals surface area contributed by atoms with E-state index < -0.39 is 0 Å². The van der Waals surface area contributed by atoms with Crippen LogP contribution in [-0.2, 0) is 9.59 Å². The summed E-state index contributed by atoms with van der Waals surface area (Å²) in [5.74, 6) is 0.849. The quantitative estimate of drug-likeness (QED) is 0.586. The third-order valence-electron chi connectivity index (χ3n) is 3.16. The fourth-order valence-corrected chi connectivity index (χ4v) is 1.67. The summed E-state index contributed by atoms with van der Waals surface area (Å²) >= 11 is 0. The van der Waals surface area contributed by atoms with E-state index in [9.17, 15) is 9.59 Å². The second-order valence-electron chi connectivity index (χ2n) is 5.51. The van der Waals surface area contributed by atoms with Gasteiger partial charge >= 0.3 is 0 Å². The summed E-state index contributed by atoms with van der Waals surface area (Å²) in [5.41, 5.74) is 5.86. The van der Waals surface area contributed by atoms with E-state index in [1.54, 1.807) is 0 Å². The van der Waals surface area contributed by atoms with Gasteiger partial charge in [0.05, 0.1) is 6.54 Å². The van der Waals surface area contributed by atoms with Gasteiger partial charge in [0.2, 0.25) is 11.8 Å². The van der Waals surface area contributed by atoms with Crippen molar-refractivity contribution in [2.24, 2.45) is 17.6 Å². The van der Waals surface area contributed by atoms with E-state index in [0.717, 1.165) is 6.42 Å². The minimum Gasteiger partial charge on any atom is -0.353 e. The lowest BCUT2D eigenvalue weighted by Crippen LogP contribution is -2.43. The van der Waals surface area contributed by atoms with Gasteiger partial charge in [-0.25, -0.2) is 0 Å². The van der Waals surface area contributed by atoms with Gasteiger partial charge in [-0.2, -0.15) is 0 Å². The van der Waals surface area contributed by atoms with Gasteiger partial charge in [-0.3, -0.25) is 9.59 Å². The molecule has 5 heteroatoms. The Morgan fingerprint density at radius 1 is 1.22 bits per heavy atom. The highest BCUT2D eigenvalue weighted by Crippen LogP contribution is 2.31. The molecule has 1 aliphatic rings. The molecule has 104 valence electrons. The number of rotatable bonds is 8. The van der Waals surface area contributed by atoms with Crippen LogP contribution < -0.4 is 16.4 Å². The summed E-state index contributed by atoms with van der Waals surface area (Å²) in [7, 11) is 0. The Balaban J connectivity index is 2.03. The third kappa shape index (κ3) is 6.59. The van der Waals surface area contributed by atoms with E-state index in [4.69, 9.17) is 5.73 Å². The average Bonchev–Trinajstić information content (AvgIpc) is 3.14. The van der Waals surface area contributed by atoms with Gasteiger partial charge in [0.1, 0.15) is 0 Å². The summed E-state index contributed by atoms with van der Waals surface area (Å²) in [4.78, 5) is 22.8. The fraction of sp³-hybridized carbons (Fsp3) is 0.846. The average molecular weight is 255 g/mol. The van der Waals surface area contributed by atoms with Crippen LogP contribution in [0, 0.1) is 11.8 Å². The molecule has 0 saturated heterocycles. The molecule has 4 N–H and O–H groups in total. The zero-order valence-corrected chi connectivity index (χ0v) is 11.4. The minimum absolute atomic E-state index is 0.0499. The molecule has 0 heterocycles. The maximum absolute atomic E-state index is 11.5. The van der Waals surface area contributed by atoms with Crippen LogP contribution in [0.3, 0.4) is 0 Å². The molecular formula is C13H25N3O2. The van der Waals surface area contributed by atoms with E-state index in [1.807, 2.05) is 0 Å². The van der Waals surface area contributed by atoms with Crippen LogP contribution in [0.2, 0.25) is 0 Å². The molecule has 0 aromatic rings. The zero-order valence-electron chi connectivity index (χ0n) is 11.4. The first-order chi connectivity index (χ1) is 8.49. The summed E-state index contributed by atoms with van der Waals surface area (Å²) in [5, 5.41) is 5.36. The predicted octanol–water partition coefficient (Wildman–Crippen LogP) is 0.392. The van der Waals surface area contributed by atoms with Crippen molar-refractivity contribution in [1.82, 2.24) is 10.6 Å². The van der Waals surface area contributed by atoms with Crippen LogP contribution in [0.1, 0.15) is 39.5 Å². The Labute approximate surface area is 109 Å². The van der Waals surface area contributed by atoms with E-state index >= 15 is 0 Å². The molecule has 1 saturated carbocycles. The number of carbonyl (C=O) groups is 2. The van der Waals surface area contributed by atoms with Crippen molar-refractivity contribution in [2.75, 3.05) is 13.1 Å². The summed E-state index contributed by atoms with van der Waals surface area (Å²) in [6, 6.07) is 0.0607. The molecule has 0 bridgehead atoms. The van der Waals surface area contributed by atoms with Crippen molar-refractivity contribution in [2.45, 2.75) is 45.6 Å². The SMILES string of the molecule is CC(C)CCC(=O)NCC(=O)NCC(N)C1CC1. The smallest absolute Gasteiger partial charge is 0.239 e. The van der Waals surface area contributed by atoms with Crippen LogP contribution in [-0.4, -0.2) is 30.9 Å². The lowest BCUT2D eigenvalue weighted by molar-refractivity contribution is -0.126. The number of nitrogens with one attached hydrogen (secondary N) is 2. The highest BCUT2D eigenvalue weighted by atomic mass is 16.2. The van der Waals surface area contributed by atoms with E-state index in [0.29, 0.717) is 24.8 Å². The Morgan fingerprint density at radius 3 is 2.44 bits per heavy atom. The maximum Gasteiger partial charge on any atom is 0.239 e. The second kappa shape index (κ2) is 7.36. The van der Waals surface area contributed by atoms with Crippen molar-refractivity contribution in [3.05, 3.63) is 0 Å². The highest BCUT2D eigenvalue weighted by Gasteiger charge is 2.28. The molecule has 1 unspecified atom stereocenters. The molecule has 0 spiro atoms. The van der Waals surface area contributed by atoms with Crippen molar-refractivity contribution in [3.63, 3.8) is 0 Å². The summed E-state index contributed by atoms with van der Waals surface area (Å²) in [6.07, 6.45) is 3.67. The molecule has 2 amide bonds. The number of nitrogens with two attached hydrogens (primary N) is 1. The monoisotopic (exact) mass is 255 g/mol. The molecule has 0 radical (unpaired) electrons. The van der Waals surface area contributed by atoms with Gasteiger partial charge in [0, 0.05) is 19.0 Å². The molecular weight excluding hydrogens is 230 g/mol. The molecule has 0 aromatic carbocycles. The van der Waals surface area contributed by atoms with Gasteiger partial charge in [-0.1, -0.05) is 13.8 Å². The topological polar surface area (TPSA) is 84.2 Å². The van der Waals surface area contributed by atoms with Crippen LogP contribution >= 0.6 is 0 Å². The van der Waals surface area contributed by atoms with Crippen molar-refractivity contribution >= 4 is 11.8 Å². The van der Waals surface area contributed by atoms with E-state index in [2.05, 4.69) is 24.5 Å². The first-order valence-corrected chi connectivity index (χ1v) is 6.78. The lowest BCUT2D eigenvalue weighted by Gasteiger charge is -2.12. The lowest BCUT2D eigenvalue weighted by atomic mass is 10.1. The van der Waals surface area contributed by atoms with E-state index in [-0.39, 0.29) is 24.4 Å². The molecule has 5 nitrogen and oxygen atoms in total. The molecule has 1 rings (SSSR count). The molecule has 1 fully saturated rings. The van der Waals surface area contributed by atoms with Crippen LogP contribution in [0.5, 0.6) is 0 Å². The number of amides is 2. The number of hydrogen-bond donors (Lipinski definition) is 3. The minimum atomic E-state index is -0.163. The standard InChI is InChI=1S/C13H25N3O2/c1-9(2)3-6-12(17)16-8-13(18)15-7-11(14)10-4-5-10/h9-11H,3-8,14H2,1-2H3,(H,15,18)(H,16,17). The molecule has 0 aromatic heterocycles. The largest absolute Gasteiger partial charge is 0.353 e. The van der Waals surface area contributed by atoms with Gasteiger partial charge in [0.15, 0.2) is 0 Å². The van der Waals surface area contributed by atoms with Crippen molar-refractivity contribution < 1.29 is 9.59 Å². The molecule has 1 atom stereocenters. The third-order valence-corrected chi connectivity index (χ3v) is 3.16. The van der Waals surface area contributed by atoms with Gasteiger partial charge in [-0.05, 0) is 31.1 Å². The van der Waals surface area contributed by atoms with E-state index in [1.165, 1.54) is 12.8 Å². The van der Waals surface area contributed by atoms with Crippen molar-refractivity contribution in [1.29, 1.82) is 0 Å². The Morgan fingerprint density at radius 2 is 1.89 bits per heavy atom. The van der Waals surface area contributed by atoms with Gasteiger partial charge in [0.25, 0.3) is 0 Å². The van der Waals surface area contributed by atoms with Gasteiger partial charge < -0.3 is 16.4 Å². The molecule has 1 aliphatic carbocycles. The van der Waals surface area contributed by atoms with Crippen LogP contribution in [0.25, 0.3) is 0 Å². The summed E-state index contributed by atoms with van der Waals surface area (Å²) in [6.45, 7) is 4.69. The predicted molar refractivity (Wildman–Crippen MR) is 70.8 cm³/mol. The molecule has 18 heavy (non-hydrogen) atoms. The Kier molecular flexibility index (Phi) is 6.12. The number of hydrogen-bond acceptors (Lipinski definition) is 3. The normalized spacial score (nSPS) is 16.4. The Hall–Kier alpha value is -1.10. The maximum atomic E-state index is 11.5. The number of carbonyl (C=O) groups excluding carboxylic acids is 2. The van der Waals surface area contributed by atoms with Gasteiger partial charge in [-0.15, -0.1) is 0 Å².